The Morgan fingerprint density at radius 2 is 1.89 bits per heavy atom. The molecule has 2 aromatic heterocycles. The second-order valence-electron chi connectivity index (χ2n) is 12.4. The normalized spacial score (nSPS) is 15.9. The minimum Gasteiger partial charge on any atom is -0.494 e. The number of nitrogens with zero attached hydrogens (tertiary/aromatic N) is 7. The molecule has 1 N–H and O–H groups in total. The van der Waals surface area contributed by atoms with Gasteiger partial charge in [-0.15, -0.1) is 0 Å². The molecule has 1 aliphatic carbocycles. The third kappa shape index (κ3) is 6.36. The third-order valence-corrected chi connectivity index (χ3v) is 8.08. The summed E-state index contributed by atoms with van der Waals surface area (Å²) in [7, 11) is 7.03. The number of ether oxygens (including phenoxy) is 2. The number of anilines is 5. The minimum atomic E-state index is -2.82. The van der Waals surface area contributed by atoms with Crippen LogP contribution in [0.15, 0.2) is 30.5 Å². The quantitative estimate of drug-likeness (QED) is 0.167. The van der Waals surface area contributed by atoms with E-state index in [4.69, 9.17) is 9.47 Å². The Hall–Kier alpha value is -4.66. The van der Waals surface area contributed by atoms with E-state index in [1.807, 2.05) is 19.0 Å². The molecule has 1 fully saturated rings. The highest BCUT2D eigenvalue weighted by molar-refractivity contribution is 5.96. The number of hydrogen-bond donors (Lipinski definition) is 1. The van der Waals surface area contributed by atoms with Crippen LogP contribution in [-0.4, -0.2) is 90.7 Å². The van der Waals surface area contributed by atoms with Crippen LogP contribution in [0.25, 0.3) is 0 Å². The van der Waals surface area contributed by atoms with E-state index in [-0.39, 0.29) is 48.1 Å². The number of carbonyl (C=O) groups is 1. The maximum absolute atomic E-state index is 14.3. The minimum absolute atomic E-state index is 0.00100. The van der Waals surface area contributed by atoms with Gasteiger partial charge >= 0.3 is 5.97 Å². The number of methoxy groups -OCH3 is 1. The molecule has 1 saturated carbocycles. The van der Waals surface area contributed by atoms with Crippen LogP contribution in [0.5, 0.6) is 5.75 Å². The van der Waals surface area contributed by atoms with Gasteiger partial charge in [0.15, 0.2) is 5.82 Å². The predicted octanol–water partition coefficient (Wildman–Crippen LogP) is 5.22. The Morgan fingerprint density at radius 3 is 2.50 bits per heavy atom. The van der Waals surface area contributed by atoms with Crippen molar-refractivity contribution >= 4 is 40.5 Å². The lowest BCUT2D eigenvalue weighted by Crippen LogP contribution is -2.52. The van der Waals surface area contributed by atoms with Crippen LogP contribution in [0.2, 0.25) is 0 Å². The van der Waals surface area contributed by atoms with Crippen molar-refractivity contribution in [1.82, 2.24) is 19.9 Å². The Balaban J connectivity index is 1.57. The fourth-order valence-electron chi connectivity index (χ4n) is 5.95. The number of esters is 1. The van der Waals surface area contributed by atoms with Crippen molar-refractivity contribution in [3.05, 3.63) is 57.5 Å². The molecule has 1 aromatic carbocycles. The van der Waals surface area contributed by atoms with E-state index in [9.17, 15) is 23.7 Å². The van der Waals surface area contributed by atoms with Crippen molar-refractivity contribution in [2.75, 3.05) is 63.0 Å². The van der Waals surface area contributed by atoms with Crippen molar-refractivity contribution in [1.29, 1.82) is 0 Å². The van der Waals surface area contributed by atoms with Gasteiger partial charge in [0.1, 0.15) is 17.0 Å². The standard InChI is InChI=1S/C31H38F2N8O5/c1-18(2)46-28(42)20-14-34-29(36-21-12-24(41(43)44)23(13-25(21)45-7)39(6)11-10-38(4)5)37-27(20)40-17-30(15-31(32,33)16-30)26-22(40)9-8-19(3)35-26/h8-9,12-14,18H,10-11,15-17H2,1-7H3,(H,34,36,37). The first-order chi connectivity index (χ1) is 21.6. The van der Waals surface area contributed by atoms with Gasteiger partial charge in [0.05, 0.1) is 35.2 Å². The first kappa shape index (κ1) is 32.7. The van der Waals surface area contributed by atoms with E-state index in [2.05, 4.69) is 20.3 Å². The van der Waals surface area contributed by atoms with Gasteiger partial charge in [-0.1, -0.05) is 0 Å². The van der Waals surface area contributed by atoms with Crippen molar-refractivity contribution < 1.29 is 28.0 Å². The number of benzene rings is 1. The number of aromatic nitrogens is 3. The van der Waals surface area contributed by atoms with E-state index in [1.165, 1.54) is 19.4 Å². The molecule has 1 aliphatic heterocycles. The summed E-state index contributed by atoms with van der Waals surface area (Å²) in [6, 6.07) is 6.47. The summed E-state index contributed by atoms with van der Waals surface area (Å²) in [5, 5.41) is 15.1. The number of aryl methyl sites for hydroxylation is 1. The summed E-state index contributed by atoms with van der Waals surface area (Å²) in [6.45, 7) is 6.53. The van der Waals surface area contributed by atoms with E-state index in [0.717, 1.165) is 0 Å². The van der Waals surface area contributed by atoms with Gasteiger partial charge in [-0.05, 0) is 47.0 Å². The zero-order chi connectivity index (χ0) is 33.6. The lowest BCUT2D eigenvalue weighted by Gasteiger charge is -2.44. The molecular formula is C31H38F2N8O5. The highest BCUT2D eigenvalue weighted by Gasteiger charge is 2.62. The Labute approximate surface area is 265 Å². The first-order valence-electron chi connectivity index (χ1n) is 14.8. The van der Waals surface area contributed by atoms with Gasteiger partial charge in [0, 0.05) is 69.0 Å². The molecule has 0 amide bonds. The number of halogens is 2. The summed E-state index contributed by atoms with van der Waals surface area (Å²) in [6.07, 6.45) is 0.0987. The van der Waals surface area contributed by atoms with E-state index < -0.39 is 28.3 Å². The topological polar surface area (TPSA) is 139 Å². The maximum Gasteiger partial charge on any atom is 0.343 e. The molecule has 3 heterocycles. The number of hydrogen-bond acceptors (Lipinski definition) is 12. The Kier molecular flexibility index (Phi) is 8.73. The second kappa shape index (κ2) is 12.3. The molecule has 246 valence electrons. The number of likely N-dealkylation sites (N-methyl/N-ethyl adjacent to an activating group) is 2. The van der Waals surface area contributed by atoms with Crippen LogP contribution in [0, 0.1) is 17.0 Å². The highest BCUT2D eigenvalue weighted by Crippen LogP contribution is 2.59. The molecule has 13 nitrogen and oxygen atoms in total. The van der Waals surface area contributed by atoms with Gasteiger partial charge < -0.3 is 29.5 Å². The smallest absolute Gasteiger partial charge is 0.343 e. The SMILES string of the molecule is COc1cc(N(C)CCN(C)C)c([N+](=O)[O-])cc1Nc1ncc(C(=O)OC(C)C)c(N2CC3(CC(F)(F)C3)c3nc(C)ccc32)n1. The number of carbonyl (C=O) groups excluding carboxylic acids is 1. The molecule has 0 atom stereocenters. The lowest BCUT2D eigenvalue weighted by molar-refractivity contribution is -0.384. The molecule has 0 radical (unpaired) electrons. The summed E-state index contributed by atoms with van der Waals surface area (Å²) < 4.78 is 39.7. The van der Waals surface area contributed by atoms with E-state index in [1.54, 1.807) is 55.8 Å². The number of pyridine rings is 1. The summed E-state index contributed by atoms with van der Waals surface area (Å²) in [5.74, 6) is -3.08. The Morgan fingerprint density at radius 1 is 1.17 bits per heavy atom. The number of nitro groups is 1. The highest BCUT2D eigenvalue weighted by atomic mass is 19.3. The van der Waals surface area contributed by atoms with Crippen LogP contribution in [-0.2, 0) is 10.2 Å². The van der Waals surface area contributed by atoms with Gasteiger partial charge in [-0.25, -0.2) is 18.6 Å². The number of alkyl halides is 2. The fraction of sp³-hybridized carbons (Fsp3) is 0.484. The zero-order valence-electron chi connectivity index (χ0n) is 26.9. The van der Waals surface area contributed by atoms with Gasteiger partial charge in [0.2, 0.25) is 11.9 Å². The Bertz CT molecular complexity index is 1660. The van der Waals surface area contributed by atoms with Crippen molar-refractivity contribution in [2.24, 2.45) is 0 Å². The zero-order valence-corrected chi connectivity index (χ0v) is 26.9. The van der Waals surface area contributed by atoms with Crippen molar-refractivity contribution in [2.45, 2.75) is 51.1 Å². The summed E-state index contributed by atoms with van der Waals surface area (Å²) >= 11 is 0. The number of nitro benzene ring substituents is 1. The summed E-state index contributed by atoms with van der Waals surface area (Å²) in [5.41, 5.74) is 1.31. The third-order valence-electron chi connectivity index (χ3n) is 8.08. The molecule has 3 aromatic rings. The van der Waals surface area contributed by atoms with Crippen LogP contribution in [0.4, 0.5) is 43.3 Å². The summed E-state index contributed by atoms with van der Waals surface area (Å²) in [4.78, 5) is 44.0. The van der Waals surface area contributed by atoms with E-state index >= 15 is 0 Å². The molecule has 1 spiro atoms. The number of rotatable bonds is 11. The molecule has 2 aliphatic rings. The molecule has 5 rings (SSSR count). The van der Waals surface area contributed by atoms with Crippen molar-refractivity contribution in [3.8, 4) is 5.75 Å². The van der Waals surface area contributed by atoms with E-state index in [0.29, 0.717) is 41.6 Å². The largest absolute Gasteiger partial charge is 0.494 e. The van der Waals surface area contributed by atoms with Crippen LogP contribution in [0.1, 0.15) is 48.4 Å². The maximum atomic E-state index is 14.3. The molecule has 15 heteroatoms. The van der Waals surface area contributed by atoms with Gasteiger partial charge in [-0.2, -0.15) is 4.98 Å². The predicted molar refractivity (Wildman–Crippen MR) is 169 cm³/mol. The number of fused-ring (bicyclic) bond motifs is 2. The van der Waals surface area contributed by atoms with Crippen LogP contribution in [0.3, 0.4) is 0 Å². The monoisotopic (exact) mass is 640 g/mol. The molecule has 0 bridgehead atoms. The molecular weight excluding hydrogens is 602 g/mol. The van der Waals surface area contributed by atoms with Gasteiger partial charge in [0.25, 0.3) is 5.69 Å². The molecule has 0 saturated heterocycles. The molecule has 0 unspecified atom stereocenters. The molecule has 46 heavy (non-hydrogen) atoms. The second-order valence-corrected chi connectivity index (χ2v) is 12.4. The first-order valence-corrected chi connectivity index (χ1v) is 14.8. The average molecular weight is 641 g/mol. The van der Waals surface area contributed by atoms with Crippen LogP contribution < -0.4 is 19.9 Å². The fourth-order valence-corrected chi connectivity index (χ4v) is 5.95. The van der Waals surface area contributed by atoms with Gasteiger partial charge in [-0.3, -0.25) is 15.1 Å². The average Bonchev–Trinajstić information content (AvgIpc) is 3.27. The lowest BCUT2D eigenvalue weighted by atomic mass is 9.65. The number of nitrogens with one attached hydrogen (secondary N) is 1. The van der Waals surface area contributed by atoms with Crippen molar-refractivity contribution in [3.63, 3.8) is 0 Å². The van der Waals surface area contributed by atoms with Crippen LogP contribution >= 0.6 is 0 Å².